The molecule has 2 rings (SSSR count). The van der Waals surface area contributed by atoms with Gasteiger partial charge in [-0.15, -0.1) is 24.8 Å². The number of piperidine rings is 1. The van der Waals surface area contributed by atoms with Gasteiger partial charge in [-0.2, -0.15) is 0 Å². The molecule has 6 heteroatoms. The molecule has 0 spiro atoms. The van der Waals surface area contributed by atoms with Crippen molar-refractivity contribution < 1.29 is 4.79 Å². The van der Waals surface area contributed by atoms with Gasteiger partial charge in [-0.1, -0.05) is 51.1 Å². The van der Waals surface area contributed by atoms with Crippen LogP contribution in [0.2, 0.25) is 0 Å². The summed E-state index contributed by atoms with van der Waals surface area (Å²) in [6.45, 7) is 8.93. The lowest BCUT2D eigenvalue weighted by Crippen LogP contribution is -2.54. The Morgan fingerprint density at radius 3 is 2.50 bits per heavy atom. The highest BCUT2D eigenvalue weighted by Gasteiger charge is 2.30. The second-order valence-electron chi connectivity index (χ2n) is 7.41. The van der Waals surface area contributed by atoms with Crippen molar-refractivity contribution in [2.24, 2.45) is 11.1 Å². The number of hydrogen-bond acceptors (Lipinski definition) is 3. The molecule has 3 N–H and O–H groups in total. The van der Waals surface area contributed by atoms with E-state index in [2.05, 4.69) is 34.5 Å². The third kappa shape index (κ3) is 6.98. The molecule has 1 saturated heterocycles. The number of carbonyl (C=O) groups excluding carboxylic acids is 1. The first-order chi connectivity index (χ1) is 10.4. The van der Waals surface area contributed by atoms with Crippen LogP contribution in [-0.4, -0.2) is 36.0 Å². The quantitative estimate of drug-likeness (QED) is 0.850. The molecular formula is C18H31Cl2N3O. The largest absolute Gasteiger partial charge is 0.351 e. The van der Waals surface area contributed by atoms with Crippen LogP contribution in [0.1, 0.15) is 39.2 Å². The van der Waals surface area contributed by atoms with Crippen LogP contribution in [-0.2, 0) is 11.3 Å². The lowest BCUT2D eigenvalue weighted by Gasteiger charge is -2.35. The van der Waals surface area contributed by atoms with E-state index in [1.807, 2.05) is 26.8 Å². The number of nitrogens with zero attached hydrogens (tertiary/aromatic N) is 1. The van der Waals surface area contributed by atoms with Gasteiger partial charge in [0.25, 0.3) is 0 Å². The van der Waals surface area contributed by atoms with E-state index in [-0.39, 0.29) is 42.2 Å². The third-order valence-electron chi connectivity index (χ3n) is 4.32. The molecule has 1 aliphatic rings. The van der Waals surface area contributed by atoms with Crippen molar-refractivity contribution in [1.29, 1.82) is 0 Å². The van der Waals surface area contributed by atoms with E-state index in [1.54, 1.807) is 0 Å². The van der Waals surface area contributed by atoms with E-state index in [0.717, 1.165) is 32.5 Å². The van der Waals surface area contributed by atoms with Crippen molar-refractivity contribution in [3.63, 3.8) is 0 Å². The average molecular weight is 376 g/mol. The number of carbonyl (C=O) groups is 1. The predicted octanol–water partition coefficient (Wildman–Crippen LogP) is 2.98. The highest BCUT2D eigenvalue weighted by Crippen LogP contribution is 2.19. The molecule has 1 heterocycles. The van der Waals surface area contributed by atoms with Crippen molar-refractivity contribution in [3.8, 4) is 0 Å². The molecule has 0 aliphatic carbocycles. The van der Waals surface area contributed by atoms with Gasteiger partial charge < -0.3 is 11.1 Å². The molecule has 0 aromatic heterocycles. The Bertz CT molecular complexity index is 491. The van der Waals surface area contributed by atoms with Crippen molar-refractivity contribution in [2.75, 3.05) is 13.1 Å². The van der Waals surface area contributed by atoms with Crippen LogP contribution in [0.5, 0.6) is 0 Å². The van der Waals surface area contributed by atoms with Gasteiger partial charge in [0.15, 0.2) is 0 Å². The first kappa shape index (κ1) is 23.2. The third-order valence-corrected chi connectivity index (χ3v) is 4.32. The van der Waals surface area contributed by atoms with E-state index in [0.29, 0.717) is 0 Å². The maximum Gasteiger partial charge on any atom is 0.237 e. The molecule has 0 radical (unpaired) electrons. The van der Waals surface area contributed by atoms with Crippen LogP contribution in [0, 0.1) is 5.41 Å². The molecule has 2 atom stereocenters. The minimum Gasteiger partial charge on any atom is -0.351 e. The summed E-state index contributed by atoms with van der Waals surface area (Å²) in [5.74, 6) is -0.0286. The van der Waals surface area contributed by atoms with E-state index in [4.69, 9.17) is 5.73 Å². The molecule has 138 valence electrons. The van der Waals surface area contributed by atoms with Crippen molar-refractivity contribution in [2.45, 2.75) is 52.2 Å². The van der Waals surface area contributed by atoms with E-state index < -0.39 is 6.04 Å². The number of likely N-dealkylation sites (tertiary alicyclic amines) is 1. The molecule has 1 aliphatic heterocycles. The standard InChI is InChI=1S/C18H29N3O.2ClH/c1-18(2,3)16(19)17(22)20-15-10-7-11-21(13-15)12-14-8-5-4-6-9-14;;/h4-6,8-9,15-16H,7,10-13,19H2,1-3H3,(H,20,22);2*1H/t15?,16-;;/m1../s1. The molecule has 4 nitrogen and oxygen atoms in total. The summed E-state index contributed by atoms with van der Waals surface area (Å²) in [6.07, 6.45) is 2.15. The normalized spacial score (nSPS) is 19.6. The molecule has 0 bridgehead atoms. The van der Waals surface area contributed by atoms with Gasteiger partial charge in [0.05, 0.1) is 6.04 Å². The van der Waals surface area contributed by atoms with Gasteiger partial charge in [0, 0.05) is 19.1 Å². The zero-order valence-corrected chi connectivity index (χ0v) is 16.5. The molecule has 24 heavy (non-hydrogen) atoms. The van der Waals surface area contributed by atoms with Gasteiger partial charge in [-0.05, 0) is 30.4 Å². The zero-order chi connectivity index (χ0) is 16.2. The zero-order valence-electron chi connectivity index (χ0n) is 14.8. The minimum absolute atomic E-state index is 0. The molecule has 0 saturated carbocycles. The molecule has 1 aromatic carbocycles. The number of halogens is 2. The Kier molecular flexibility index (Phi) is 9.90. The van der Waals surface area contributed by atoms with Gasteiger partial charge >= 0.3 is 0 Å². The first-order valence-corrected chi connectivity index (χ1v) is 8.18. The lowest BCUT2D eigenvalue weighted by molar-refractivity contribution is -0.125. The molecule has 1 amide bonds. The molecule has 1 fully saturated rings. The van der Waals surface area contributed by atoms with Gasteiger partial charge in [-0.25, -0.2) is 0 Å². The predicted molar refractivity (Wildman–Crippen MR) is 105 cm³/mol. The summed E-state index contributed by atoms with van der Waals surface area (Å²) in [6, 6.07) is 10.2. The Hall–Kier alpha value is -0.810. The Morgan fingerprint density at radius 2 is 1.92 bits per heavy atom. The monoisotopic (exact) mass is 375 g/mol. The number of hydrogen-bond donors (Lipinski definition) is 2. The van der Waals surface area contributed by atoms with E-state index in [9.17, 15) is 4.79 Å². The number of rotatable bonds is 4. The van der Waals surface area contributed by atoms with E-state index in [1.165, 1.54) is 5.56 Å². The van der Waals surface area contributed by atoms with Crippen LogP contribution in [0.3, 0.4) is 0 Å². The van der Waals surface area contributed by atoms with Gasteiger partial charge in [0.2, 0.25) is 5.91 Å². The molecule has 1 unspecified atom stereocenters. The second kappa shape index (κ2) is 10.2. The van der Waals surface area contributed by atoms with Crippen LogP contribution in [0.25, 0.3) is 0 Å². The summed E-state index contributed by atoms with van der Waals surface area (Å²) in [4.78, 5) is 14.7. The molecular weight excluding hydrogens is 345 g/mol. The lowest BCUT2D eigenvalue weighted by atomic mass is 9.86. The Morgan fingerprint density at radius 1 is 1.29 bits per heavy atom. The van der Waals surface area contributed by atoms with Crippen molar-refractivity contribution in [3.05, 3.63) is 35.9 Å². The molecule has 1 aromatic rings. The summed E-state index contributed by atoms with van der Waals surface area (Å²) in [5, 5.41) is 3.14. The minimum atomic E-state index is -0.461. The summed E-state index contributed by atoms with van der Waals surface area (Å²) >= 11 is 0. The number of benzene rings is 1. The number of nitrogens with one attached hydrogen (secondary N) is 1. The topological polar surface area (TPSA) is 58.4 Å². The second-order valence-corrected chi connectivity index (χ2v) is 7.41. The Labute approximate surface area is 158 Å². The van der Waals surface area contributed by atoms with Gasteiger partial charge in [0.1, 0.15) is 0 Å². The average Bonchev–Trinajstić information content (AvgIpc) is 2.47. The Balaban J connectivity index is 0.00000264. The summed E-state index contributed by atoms with van der Waals surface area (Å²) in [7, 11) is 0. The maximum absolute atomic E-state index is 12.3. The fourth-order valence-electron chi connectivity index (χ4n) is 2.84. The number of nitrogens with two attached hydrogens (primary N) is 1. The van der Waals surface area contributed by atoms with Crippen LogP contribution in [0.15, 0.2) is 30.3 Å². The highest BCUT2D eigenvalue weighted by atomic mass is 35.5. The van der Waals surface area contributed by atoms with Crippen LogP contribution >= 0.6 is 24.8 Å². The van der Waals surface area contributed by atoms with Crippen LogP contribution < -0.4 is 11.1 Å². The smallest absolute Gasteiger partial charge is 0.237 e. The van der Waals surface area contributed by atoms with Gasteiger partial charge in [-0.3, -0.25) is 9.69 Å². The summed E-state index contributed by atoms with van der Waals surface area (Å²) in [5.41, 5.74) is 7.16. The van der Waals surface area contributed by atoms with Crippen LogP contribution in [0.4, 0.5) is 0 Å². The first-order valence-electron chi connectivity index (χ1n) is 8.18. The van der Waals surface area contributed by atoms with Crippen molar-refractivity contribution >= 4 is 30.7 Å². The number of amides is 1. The highest BCUT2D eigenvalue weighted by molar-refractivity contribution is 5.85. The fourth-order valence-corrected chi connectivity index (χ4v) is 2.84. The SMILES string of the molecule is CC(C)(C)[C@H](N)C(=O)NC1CCCN(Cc2ccccc2)C1.Cl.Cl. The maximum atomic E-state index is 12.3. The van der Waals surface area contributed by atoms with Crippen molar-refractivity contribution in [1.82, 2.24) is 10.2 Å². The summed E-state index contributed by atoms with van der Waals surface area (Å²) < 4.78 is 0. The fraction of sp³-hybridized carbons (Fsp3) is 0.611. The van der Waals surface area contributed by atoms with E-state index >= 15 is 0 Å².